The van der Waals surface area contributed by atoms with E-state index in [9.17, 15) is 18.0 Å². The predicted molar refractivity (Wildman–Crippen MR) is 152 cm³/mol. The molecule has 210 valence electrons. The molecule has 0 radical (unpaired) electrons. The van der Waals surface area contributed by atoms with Crippen molar-refractivity contribution in [2.24, 2.45) is 0 Å². The minimum atomic E-state index is -3.94. The number of fused-ring (bicyclic) bond motifs is 3. The predicted octanol–water partition coefficient (Wildman–Crippen LogP) is 3.39. The summed E-state index contributed by atoms with van der Waals surface area (Å²) in [6.45, 7) is 3.96. The average molecular weight is 573 g/mol. The number of hydrogen-bond donors (Lipinski definition) is 0. The molecule has 1 aliphatic heterocycles. The lowest BCUT2D eigenvalue weighted by Crippen LogP contribution is -2.39. The second kappa shape index (κ2) is 10.9. The van der Waals surface area contributed by atoms with Crippen LogP contribution < -0.4 is 5.56 Å². The van der Waals surface area contributed by atoms with Gasteiger partial charge in [0.1, 0.15) is 5.52 Å². The Morgan fingerprint density at radius 2 is 1.83 bits per heavy atom. The summed E-state index contributed by atoms with van der Waals surface area (Å²) in [4.78, 5) is 42.0. The molecule has 5 aromatic rings. The first kappa shape index (κ1) is 26.8. The maximum absolute atomic E-state index is 13.9. The third-order valence-corrected chi connectivity index (χ3v) is 9.03. The third kappa shape index (κ3) is 4.89. The molecule has 1 aromatic carbocycles. The van der Waals surface area contributed by atoms with E-state index in [2.05, 4.69) is 19.9 Å². The van der Waals surface area contributed by atoms with Crippen molar-refractivity contribution in [2.45, 2.75) is 37.2 Å². The Hall–Kier alpha value is -4.42. The van der Waals surface area contributed by atoms with Gasteiger partial charge < -0.3 is 9.30 Å². The van der Waals surface area contributed by atoms with Crippen molar-refractivity contribution < 1.29 is 17.9 Å². The number of carbonyl (C=O) groups is 1. The summed E-state index contributed by atoms with van der Waals surface area (Å²) >= 11 is 0. The molecule has 1 saturated heterocycles. The number of benzene rings is 1. The van der Waals surface area contributed by atoms with Crippen LogP contribution in [0.4, 0.5) is 0 Å². The monoisotopic (exact) mass is 572 g/mol. The van der Waals surface area contributed by atoms with Gasteiger partial charge in [-0.3, -0.25) is 14.7 Å². The molecule has 5 heterocycles. The van der Waals surface area contributed by atoms with Gasteiger partial charge in [0, 0.05) is 49.7 Å². The average Bonchev–Trinajstić information content (AvgIpc) is 3.44. The molecule has 6 rings (SSSR count). The van der Waals surface area contributed by atoms with Crippen molar-refractivity contribution in [1.82, 2.24) is 28.4 Å². The van der Waals surface area contributed by atoms with Crippen LogP contribution in [0, 0.1) is 0 Å². The fourth-order valence-corrected chi connectivity index (χ4v) is 6.75. The van der Waals surface area contributed by atoms with Crippen LogP contribution >= 0.6 is 0 Å². The normalized spacial score (nSPS) is 15.0. The Labute approximate surface area is 236 Å². The number of ether oxygens (including phenoxy) is 1. The second-order valence-corrected chi connectivity index (χ2v) is 11.7. The molecule has 0 N–H and O–H groups in total. The highest BCUT2D eigenvalue weighted by Gasteiger charge is 2.29. The van der Waals surface area contributed by atoms with Crippen LogP contribution in [-0.2, 0) is 21.3 Å². The zero-order valence-electron chi connectivity index (χ0n) is 22.4. The van der Waals surface area contributed by atoms with E-state index in [1.807, 2.05) is 18.3 Å². The van der Waals surface area contributed by atoms with Crippen molar-refractivity contribution >= 4 is 38.1 Å². The number of nitrogens with zero attached hydrogens (tertiary/aromatic N) is 6. The van der Waals surface area contributed by atoms with E-state index in [-0.39, 0.29) is 28.9 Å². The van der Waals surface area contributed by atoms with Crippen molar-refractivity contribution in [3.05, 3.63) is 94.9 Å². The van der Waals surface area contributed by atoms with E-state index in [0.717, 1.165) is 29.2 Å². The molecule has 12 heteroatoms. The topological polar surface area (TPSA) is 129 Å². The number of rotatable bonds is 7. The molecule has 4 aromatic heterocycles. The van der Waals surface area contributed by atoms with Crippen molar-refractivity contribution in [3.8, 4) is 0 Å². The van der Waals surface area contributed by atoms with Gasteiger partial charge in [0.25, 0.3) is 15.6 Å². The van der Waals surface area contributed by atoms with Gasteiger partial charge >= 0.3 is 5.97 Å². The molecule has 0 saturated carbocycles. The van der Waals surface area contributed by atoms with Gasteiger partial charge in [-0.1, -0.05) is 24.3 Å². The molecule has 0 spiro atoms. The van der Waals surface area contributed by atoms with E-state index in [1.54, 1.807) is 42.0 Å². The van der Waals surface area contributed by atoms with Crippen molar-refractivity contribution in [1.29, 1.82) is 0 Å². The third-order valence-electron chi connectivity index (χ3n) is 7.35. The highest BCUT2D eigenvalue weighted by Crippen LogP contribution is 2.31. The zero-order valence-corrected chi connectivity index (χ0v) is 23.2. The first-order valence-corrected chi connectivity index (χ1v) is 14.8. The maximum atomic E-state index is 13.9. The Balaban J connectivity index is 1.46. The van der Waals surface area contributed by atoms with E-state index < -0.39 is 21.6 Å². The summed E-state index contributed by atoms with van der Waals surface area (Å²) in [5, 5.41) is 0.458. The van der Waals surface area contributed by atoms with E-state index in [1.165, 1.54) is 24.5 Å². The SMILES string of the molecule is CCOC(=O)c1nc2cnc3c(ccn3S(=O)(=O)c3ccccc3)c2n(C2CCN(Cc3cccnc3)CC2)c1=O. The van der Waals surface area contributed by atoms with E-state index >= 15 is 0 Å². The second-order valence-electron chi connectivity index (χ2n) is 9.88. The van der Waals surface area contributed by atoms with Gasteiger partial charge in [-0.05, 0) is 49.6 Å². The number of piperidine rings is 1. The smallest absolute Gasteiger partial charge is 0.362 e. The number of aromatic nitrogens is 5. The molecular formula is C29H28N6O5S. The minimum Gasteiger partial charge on any atom is -0.461 e. The number of likely N-dealkylation sites (tertiary alicyclic amines) is 1. The lowest BCUT2D eigenvalue weighted by Gasteiger charge is -2.33. The van der Waals surface area contributed by atoms with Crippen LogP contribution in [0.5, 0.6) is 0 Å². The van der Waals surface area contributed by atoms with Gasteiger partial charge in [0.15, 0.2) is 5.65 Å². The highest BCUT2D eigenvalue weighted by molar-refractivity contribution is 7.90. The van der Waals surface area contributed by atoms with Crippen LogP contribution in [0.3, 0.4) is 0 Å². The van der Waals surface area contributed by atoms with Crippen LogP contribution in [0.15, 0.2) is 83.0 Å². The lowest BCUT2D eigenvalue weighted by molar-refractivity contribution is 0.0516. The molecule has 1 fully saturated rings. The summed E-state index contributed by atoms with van der Waals surface area (Å²) < 4.78 is 34.8. The number of pyridine rings is 2. The van der Waals surface area contributed by atoms with Crippen molar-refractivity contribution in [3.63, 3.8) is 0 Å². The van der Waals surface area contributed by atoms with Crippen LogP contribution in [0.1, 0.15) is 41.9 Å². The number of carbonyl (C=O) groups excluding carboxylic acids is 1. The zero-order chi connectivity index (χ0) is 28.6. The Morgan fingerprint density at radius 1 is 1.05 bits per heavy atom. The summed E-state index contributed by atoms with van der Waals surface area (Å²) in [7, 11) is -3.94. The summed E-state index contributed by atoms with van der Waals surface area (Å²) in [6.07, 6.45) is 7.72. The fraction of sp³-hybridized carbons (Fsp3) is 0.276. The van der Waals surface area contributed by atoms with Gasteiger partial charge in [-0.15, -0.1) is 0 Å². The summed E-state index contributed by atoms with van der Waals surface area (Å²) in [6, 6.07) is 13.4. The van der Waals surface area contributed by atoms with Gasteiger partial charge in [0.2, 0.25) is 5.69 Å². The molecule has 0 unspecified atom stereocenters. The maximum Gasteiger partial charge on any atom is 0.362 e. The largest absolute Gasteiger partial charge is 0.461 e. The molecule has 0 aliphatic carbocycles. The molecule has 0 amide bonds. The molecule has 0 atom stereocenters. The highest BCUT2D eigenvalue weighted by atomic mass is 32.2. The Morgan fingerprint density at radius 3 is 2.54 bits per heavy atom. The Kier molecular flexibility index (Phi) is 7.10. The van der Waals surface area contributed by atoms with Gasteiger partial charge in [0.05, 0.1) is 23.2 Å². The van der Waals surface area contributed by atoms with Crippen LogP contribution in [0.2, 0.25) is 0 Å². The van der Waals surface area contributed by atoms with Crippen molar-refractivity contribution in [2.75, 3.05) is 19.7 Å². The summed E-state index contributed by atoms with van der Waals surface area (Å²) in [5.74, 6) is -0.800. The van der Waals surface area contributed by atoms with E-state index in [4.69, 9.17) is 4.74 Å². The fourth-order valence-electron chi connectivity index (χ4n) is 5.42. The quantitative estimate of drug-likeness (QED) is 0.270. The van der Waals surface area contributed by atoms with Crippen LogP contribution in [-0.4, -0.2) is 62.5 Å². The molecule has 0 bridgehead atoms. The molecule has 41 heavy (non-hydrogen) atoms. The lowest BCUT2D eigenvalue weighted by atomic mass is 10.0. The van der Waals surface area contributed by atoms with Crippen LogP contribution in [0.25, 0.3) is 22.1 Å². The first-order chi connectivity index (χ1) is 19.9. The van der Waals surface area contributed by atoms with E-state index in [0.29, 0.717) is 29.3 Å². The summed E-state index contributed by atoms with van der Waals surface area (Å²) in [5.41, 5.74) is 1.17. The molecule has 11 nitrogen and oxygen atoms in total. The molecule has 1 aliphatic rings. The standard InChI is InChI=1S/C29H28N6O5S/c1-2-40-29(37)25-28(36)35(21-10-14-33(15-11-21)19-20-7-6-13-30-17-20)26-23-12-16-34(27(23)31-18-24(26)32-25)41(38,39)22-8-4-3-5-9-22/h3-9,12-13,16-18,21H,2,10-11,14-15,19H2,1H3. The number of hydrogen-bond acceptors (Lipinski definition) is 9. The Bertz CT molecular complexity index is 1900. The minimum absolute atomic E-state index is 0.0994. The van der Waals surface area contributed by atoms with Gasteiger partial charge in [-0.2, -0.15) is 0 Å². The molecular weight excluding hydrogens is 544 g/mol. The number of esters is 1. The first-order valence-electron chi connectivity index (χ1n) is 13.4. The van der Waals surface area contributed by atoms with Gasteiger partial charge in [-0.25, -0.2) is 27.2 Å².